The van der Waals surface area contributed by atoms with Gasteiger partial charge in [-0.15, -0.1) is 0 Å². The average molecular weight is 227 g/mol. The number of rotatable bonds is 4. The molecule has 1 fully saturated rings. The van der Waals surface area contributed by atoms with Gasteiger partial charge < -0.3 is 10.8 Å². The van der Waals surface area contributed by atoms with E-state index in [1.807, 2.05) is 6.92 Å². The molecule has 96 valence electrons. The minimum atomic E-state index is -0.597. The fourth-order valence-electron chi connectivity index (χ4n) is 3.38. The zero-order valence-electron chi connectivity index (χ0n) is 11.3. The van der Waals surface area contributed by atoms with Crippen LogP contribution in [0.1, 0.15) is 65.7 Å². The fourth-order valence-corrected chi connectivity index (χ4v) is 3.38. The van der Waals surface area contributed by atoms with Crippen molar-refractivity contribution in [1.29, 1.82) is 0 Å². The molecule has 1 rings (SSSR count). The average Bonchev–Trinajstić information content (AvgIpc) is 2.41. The van der Waals surface area contributed by atoms with E-state index in [1.54, 1.807) is 0 Å². The number of hydrogen-bond acceptors (Lipinski definition) is 2. The van der Waals surface area contributed by atoms with E-state index < -0.39 is 5.60 Å². The highest BCUT2D eigenvalue weighted by Gasteiger charge is 2.45. The maximum atomic E-state index is 10.8. The Morgan fingerprint density at radius 3 is 2.06 bits per heavy atom. The number of aliphatic hydroxyl groups is 1. The van der Waals surface area contributed by atoms with E-state index in [0.29, 0.717) is 12.5 Å². The summed E-state index contributed by atoms with van der Waals surface area (Å²) in [6.45, 7) is 6.99. The molecule has 0 aromatic carbocycles. The van der Waals surface area contributed by atoms with E-state index in [9.17, 15) is 5.11 Å². The lowest BCUT2D eigenvalue weighted by Gasteiger charge is -2.45. The van der Waals surface area contributed by atoms with Crippen LogP contribution < -0.4 is 5.73 Å². The monoisotopic (exact) mass is 227 g/mol. The first kappa shape index (κ1) is 14.0. The third-order valence-electron chi connectivity index (χ3n) is 4.40. The zero-order chi connectivity index (χ0) is 12.2. The Bertz CT molecular complexity index is 203. The topological polar surface area (TPSA) is 46.2 Å². The molecular weight excluding hydrogens is 198 g/mol. The molecule has 0 radical (unpaired) electrons. The van der Waals surface area contributed by atoms with E-state index in [2.05, 4.69) is 13.8 Å². The molecule has 0 aromatic rings. The molecule has 16 heavy (non-hydrogen) atoms. The van der Waals surface area contributed by atoms with Gasteiger partial charge in [0.2, 0.25) is 0 Å². The summed E-state index contributed by atoms with van der Waals surface area (Å²) in [4.78, 5) is 0. The van der Waals surface area contributed by atoms with Crippen LogP contribution in [0.4, 0.5) is 0 Å². The third-order valence-corrected chi connectivity index (χ3v) is 4.40. The van der Waals surface area contributed by atoms with Gasteiger partial charge in [0.05, 0.1) is 5.60 Å². The predicted octanol–water partition coefficient (Wildman–Crippen LogP) is 3.08. The second-order valence-electron chi connectivity index (χ2n) is 6.27. The molecular formula is C14H29NO. The van der Waals surface area contributed by atoms with Gasteiger partial charge in [-0.3, -0.25) is 0 Å². The van der Waals surface area contributed by atoms with Gasteiger partial charge in [0.1, 0.15) is 0 Å². The van der Waals surface area contributed by atoms with Crippen LogP contribution in [0, 0.1) is 11.3 Å². The van der Waals surface area contributed by atoms with Gasteiger partial charge in [0.15, 0.2) is 0 Å². The highest BCUT2D eigenvalue weighted by molar-refractivity contribution is 4.98. The normalized spacial score (nSPS) is 25.1. The number of hydrogen-bond donors (Lipinski definition) is 2. The van der Waals surface area contributed by atoms with Crippen LogP contribution in [0.15, 0.2) is 0 Å². The van der Waals surface area contributed by atoms with Gasteiger partial charge in [-0.25, -0.2) is 0 Å². The second-order valence-corrected chi connectivity index (χ2v) is 6.27. The molecule has 0 spiro atoms. The standard InChI is InChI=1S/C14H29NO/c1-12(2)10-13(3,16)14(11-15)8-6-4-5-7-9-14/h12,16H,4-11,15H2,1-3H3. The summed E-state index contributed by atoms with van der Waals surface area (Å²) >= 11 is 0. The van der Waals surface area contributed by atoms with Crippen molar-refractivity contribution in [3.63, 3.8) is 0 Å². The molecule has 0 saturated heterocycles. The van der Waals surface area contributed by atoms with Gasteiger partial charge >= 0.3 is 0 Å². The van der Waals surface area contributed by atoms with E-state index in [0.717, 1.165) is 19.3 Å². The van der Waals surface area contributed by atoms with E-state index in [4.69, 9.17) is 5.73 Å². The summed E-state index contributed by atoms with van der Waals surface area (Å²) in [5, 5.41) is 10.8. The SMILES string of the molecule is CC(C)CC(C)(O)C1(CN)CCCCCC1. The van der Waals surface area contributed by atoms with Crippen LogP contribution in [-0.2, 0) is 0 Å². The molecule has 1 atom stereocenters. The molecule has 0 bridgehead atoms. The van der Waals surface area contributed by atoms with Crippen LogP contribution in [0.5, 0.6) is 0 Å². The molecule has 0 aromatic heterocycles. The van der Waals surface area contributed by atoms with Gasteiger partial charge in [-0.05, 0) is 32.1 Å². The largest absolute Gasteiger partial charge is 0.390 e. The van der Waals surface area contributed by atoms with Crippen molar-refractivity contribution in [1.82, 2.24) is 0 Å². The van der Waals surface area contributed by atoms with Gasteiger partial charge in [-0.2, -0.15) is 0 Å². The molecule has 1 aliphatic carbocycles. The Labute approximate surface area is 101 Å². The molecule has 0 aliphatic heterocycles. The maximum absolute atomic E-state index is 10.8. The van der Waals surface area contributed by atoms with Crippen molar-refractivity contribution in [3.8, 4) is 0 Å². The lowest BCUT2D eigenvalue weighted by Crippen LogP contribution is -2.51. The highest BCUT2D eigenvalue weighted by atomic mass is 16.3. The Morgan fingerprint density at radius 1 is 1.19 bits per heavy atom. The van der Waals surface area contributed by atoms with Crippen molar-refractivity contribution >= 4 is 0 Å². The third kappa shape index (κ3) is 2.98. The van der Waals surface area contributed by atoms with Crippen molar-refractivity contribution in [2.24, 2.45) is 17.1 Å². The first-order valence-corrected chi connectivity index (χ1v) is 6.86. The molecule has 0 amide bonds. The predicted molar refractivity (Wildman–Crippen MR) is 69.3 cm³/mol. The smallest absolute Gasteiger partial charge is 0.0690 e. The maximum Gasteiger partial charge on any atom is 0.0690 e. The van der Waals surface area contributed by atoms with E-state index in [1.165, 1.54) is 25.7 Å². The first-order chi connectivity index (χ1) is 7.43. The number of nitrogens with two attached hydrogens (primary N) is 1. The summed E-state index contributed by atoms with van der Waals surface area (Å²) in [6.07, 6.45) is 8.13. The minimum absolute atomic E-state index is 0.0340. The van der Waals surface area contributed by atoms with E-state index >= 15 is 0 Å². The van der Waals surface area contributed by atoms with Crippen LogP contribution in [0.25, 0.3) is 0 Å². The lowest BCUT2D eigenvalue weighted by atomic mass is 9.65. The summed E-state index contributed by atoms with van der Waals surface area (Å²) < 4.78 is 0. The minimum Gasteiger partial charge on any atom is -0.390 e. The molecule has 1 saturated carbocycles. The Kier molecular flexibility index (Phi) is 4.81. The Morgan fingerprint density at radius 2 is 1.69 bits per heavy atom. The van der Waals surface area contributed by atoms with Crippen molar-refractivity contribution < 1.29 is 5.11 Å². The summed E-state index contributed by atoms with van der Waals surface area (Å²) in [5.74, 6) is 0.529. The van der Waals surface area contributed by atoms with Gasteiger partial charge in [0.25, 0.3) is 0 Å². The fraction of sp³-hybridized carbons (Fsp3) is 1.00. The molecule has 2 nitrogen and oxygen atoms in total. The molecule has 2 heteroatoms. The van der Waals surface area contributed by atoms with E-state index in [-0.39, 0.29) is 5.41 Å². The van der Waals surface area contributed by atoms with Crippen molar-refractivity contribution in [2.45, 2.75) is 71.3 Å². The Balaban J connectivity index is 2.82. The molecule has 3 N–H and O–H groups in total. The van der Waals surface area contributed by atoms with Crippen LogP contribution >= 0.6 is 0 Å². The van der Waals surface area contributed by atoms with Gasteiger partial charge in [0, 0.05) is 12.0 Å². The second kappa shape index (κ2) is 5.50. The quantitative estimate of drug-likeness (QED) is 0.725. The van der Waals surface area contributed by atoms with Crippen LogP contribution in [0.2, 0.25) is 0 Å². The highest BCUT2D eigenvalue weighted by Crippen LogP contribution is 2.45. The summed E-state index contributed by atoms with van der Waals surface area (Å²) in [6, 6.07) is 0. The zero-order valence-corrected chi connectivity index (χ0v) is 11.3. The first-order valence-electron chi connectivity index (χ1n) is 6.86. The molecule has 0 heterocycles. The van der Waals surface area contributed by atoms with Gasteiger partial charge in [-0.1, -0.05) is 39.5 Å². The Hall–Kier alpha value is -0.0800. The molecule has 1 unspecified atom stereocenters. The summed E-state index contributed by atoms with van der Waals surface area (Å²) in [7, 11) is 0. The van der Waals surface area contributed by atoms with Crippen molar-refractivity contribution in [3.05, 3.63) is 0 Å². The van der Waals surface area contributed by atoms with Crippen LogP contribution in [-0.4, -0.2) is 17.3 Å². The molecule has 1 aliphatic rings. The lowest BCUT2D eigenvalue weighted by molar-refractivity contribution is -0.0881. The summed E-state index contributed by atoms with van der Waals surface area (Å²) in [5.41, 5.74) is 5.38. The van der Waals surface area contributed by atoms with Crippen molar-refractivity contribution in [2.75, 3.05) is 6.54 Å². The van der Waals surface area contributed by atoms with Crippen LogP contribution in [0.3, 0.4) is 0 Å².